The van der Waals surface area contributed by atoms with Crippen molar-refractivity contribution in [3.63, 3.8) is 0 Å². The summed E-state index contributed by atoms with van der Waals surface area (Å²) in [6.45, 7) is 0.346. The number of nitrogens with one attached hydrogen (secondary N) is 1. The maximum atomic E-state index is 13.0. The number of amides is 1. The molecule has 1 aliphatic carbocycles. The van der Waals surface area contributed by atoms with Gasteiger partial charge in [-0.05, 0) is 37.8 Å². The summed E-state index contributed by atoms with van der Waals surface area (Å²) in [4.78, 5) is 13.0. The number of hydrogen-bond donors (Lipinski definition) is 1. The molecule has 9 heteroatoms. The van der Waals surface area contributed by atoms with Crippen molar-refractivity contribution in [3.05, 3.63) is 35.3 Å². The third-order valence-electron chi connectivity index (χ3n) is 4.70. The van der Waals surface area contributed by atoms with Gasteiger partial charge in [-0.2, -0.15) is 4.31 Å². The summed E-state index contributed by atoms with van der Waals surface area (Å²) in [5.41, 5.74) is 0. The molecule has 1 saturated heterocycles. The first-order chi connectivity index (χ1) is 12.6. The van der Waals surface area contributed by atoms with Gasteiger partial charge in [0, 0.05) is 12.5 Å². The number of nitrogens with zero attached hydrogens (tertiary/aromatic N) is 3. The zero-order valence-electron chi connectivity index (χ0n) is 14.2. The fourth-order valence-electron chi connectivity index (χ4n) is 3.15. The normalized spacial score (nSPS) is 21.5. The molecule has 138 valence electrons. The van der Waals surface area contributed by atoms with Gasteiger partial charge in [0.25, 0.3) is 0 Å². The average molecular weight is 393 g/mol. The van der Waals surface area contributed by atoms with E-state index in [2.05, 4.69) is 15.5 Å². The third kappa shape index (κ3) is 3.51. The van der Waals surface area contributed by atoms with Crippen LogP contribution in [0.15, 0.2) is 35.2 Å². The van der Waals surface area contributed by atoms with Crippen molar-refractivity contribution in [2.75, 3.05) is 11.9 Å². The number of carbonyl (C=O) groups is 1. The van der Waals surface area contributed by atoms with Crippen LogP contribution in [0, 0.1) is 0 Å². The van der Waals surface area contributed by atoms with E-state index in [9.17, 15) is 13.2 Å². The van der Waals surface area contributed by atoms with E-state index in [-0.39, 0.29) is 10.8 Å². The molecule has 2 heterocycles. The summed E-state index contributed by atoms with van der Waals surface area (Å²) in [5, 5.41) is 12.3. The molecule has 26 heavy (non-hydrogen) atoms. The molecular weight excluding hydrogens is 372 g/mol. The van der Waals surface area contributed by atoms with Crippen molar-refractivity contribution in [2.45, 2.75) is 49.0 Å². The molecule has 0 bridgehead atoms. The molecule has 7 nitrogen and oxygen atoms in total. The summed E-state index contributed by atoms with van der Waals surface area (Å²) < 4.78 is 27.3. The minimum absolute atomic E-state index is 0.214. The molecular formula is C17H20N4O3S2. The highest BCUT2D eigenvalue weighted by atomic mass is 32.2. The molecule has 1 aromatic carbocycles. The Bertz CT molecular complexity index is 894. The van der Waals surface area contributed by atoms with Crippen LogP contribution in [0.1, 0.15) is 43.0 Å². The van der Waals surface area contributed by atoms with Crippen molar-refractivity contribution in [1.29, 1.82) is 0 Å². The Hall–Kier alpha value is -1.84. The second-order valence-electron chi connectivity index (χ2n) is 6.65. The molecule has 0 radical (unpaired) electrons. The van der Waals surface area contributed by atoms with E-state index in [1.807, 2.05) is 0 Å². The highest BCUT2D eigenvalue weighted by Gasteiger charge is 2.38. The maximum Gasteiger partial charge on any atom is 0.244 e. The van der Waals surface area contributed by atoms with Crippen LogP contribution in [0.3, 0.4) is 0 Å². The van der Waals surface area contributed by atoms with Crippen LogP contribution < -0.4 is 5.32 Å². The van der Waals surface area contributed by atoms with Crippen molar-refractivity contribution >= 4 is 32.4 Å². The number of piperidine rings is 1. The molecule has 1 saturated carbocycles. The quantitative estimate of drug-likeness (QED) is 0.844. The Morgan fingerprint density at radius 1 is 1.12 bits per heavy atom. The van der Waals surface area contributed by atoms with Crippen LogP contribution in [0.2, 0.25) is 0 Å². The minimum atomic E-state index is -3.71. The highest BCUT2D eigenvalue weighted by molar-refractivity contribution is 7.89. The number of aromatic nitrogens is 2. The fourth-order valence-corrected chi connectivity index (χ4v) is 5.74. The minimum Gasteiger partial charge on any atom is -0.299 e. The number of carbonyl (C=O) groups excluding carboxylic acids is 1. The fraction of sp³-hybridized carbons (Fsp3) is 0.471. The van der Waals surface area contributed by atoms with Gasteiger partial charge in [-0.3, -0.25) is 10.1 Å². The van der Waals surface area contributed by atoms with Crippen molar-refractivity contribution < 1.29 is 13.2 Å². The van der Waals surface area contributed by atoms with E-state index < -0.39 is 16.1 Å². The van der Waals surface area contributed by atoms with Gasteiger partial charge in [-0.25, -0.2) is 8.42 Å². The Labute approximate surface area is 156 Å². The second-order valence-corrected chi connectivity index (χ2v) is 9.55. The molecule has 1 N–H and O–H groups in total. The molecule has 1 amide bonds. The van der Waals surface area contributed by atoms with Crippen molar-refractivity contribution in [3.8, 4) is 0 Å². The van der Waals surface area contributed by atoms with Gasteiger partial charge < -0.3 is 0 Å². The van der Waals surface area contributed by atoms with Gasteiger partial charge in [0.05, 0.1) is 4.90 Å². The summed E-state index contributed by atoms with van der Waals surface area (Å²) in [7, 11) is -3.71. The summed E-state index contributed by atoms with van der Waals surface area (Å²) in [6.07, 6.45) is 4.32. The molecule has 2 aromatic rings. The molecule has 1 aromatic heterocycles. The monoisotopic (exact) mass is 392 g/mol. The molecule has 1 aliphatic heterocycles. The number of hydrogen-bond acceptors (Lipinski definition) is 6. The SMILES string of the molecule is O=C(Nc1nnc(C2CC2)s1)[C@@H]1CCCCN1S(=O)(=O)c1ccccc1. The molecule has 0 unspecified atom stereocenters. The van der Waals surface area contributed by atoms with Gasteiger partial charge in [-0.1, -0.05) is 36.0 Å². The number of sulfonamides is 1. The lowest BCUT2D eigenvalue weighted by Crippen LogP contribution is -2.49. The van der Waals surface area contributed by atoms with Gasteiger partial charge in [0.1, 0.15) is 11.0 Å². The smallest absolute Gasteiger partial charge is 0.244 e. The van der Waals surface area contributed by atoms with E-state index in [0.717, 1.165) is 30.7 Å². The number of rotatable bonds is 5. The third-order valence-corrected chi connectivity index (χ3v) is 7.63. The van der Waals surface area contributed by atoms with E-state index in [1.165, 1.54) is 15.6 Å². The predicted molar refractivity (Wildman–Crippen MR) is 98.5 cm³/mol. The first-order valence-electron chi connectivity index (χ1n) is 8.77. The van der Waals surface area contributed by atoms with Crippen LogP contribution in [-0.2, 0) is 14.8 Å². The lowest BCUT2D eigenvalue weighted by atomic mass is 10.0. The predicted octanol–water partition coefficient (Wildman–Crippen LogP) is 2.60. The van der Waals surface area contributed by atoms with Crippen LogP contribution >= 0.6 is 11.3 Å². The van der Waals surface area contributed by atoms with Gasteiger partial charge in [0.2, 0.25) is 21.1 Å². The van der Waals surface area contributed by atoms with E-state index in [1.54, 1.807) is 30.3 Å². The zero-order valence-corrected chi connectivity index (χ0v) is 15.8. The first kappa shape index (κ1) is 17.6. The number of benzene rings is 1. The topological polar surface area (TPSA) is 92.3 Å². The molecule has 1 atom stereocenters. The van der Waals surface area contributed by atoms with Gasteiger partial charge >= 0.3 is 0 Å². The van der Waals surface area contributed by atoms with Crippen LogP contribution in [-0.4, -0.2) is 41.4 Å². The highest BCUT2D eigenvalue weighted by Crippen LogP contribution is 2.42. The lowest BCUT2D eigenvalue weighted by molar-refractivity contribution is -0.120. The van der Waals surface area contributed by atoms with E-state index in [0.29, 0.717) is 24.0 Å². The molecule has 2 fully saturated rings. The zero-order chi connectivity index (χ0) is 18.1. The first-order valence-corrected chi connectivity index (χ1v) is 11.0. The standard InChI is InChI=1S/C17H20N4O3S2/c22-15(18-17-20-19-16(25-17)12-9-10-12)14-8-4-5-11-21(14)26(23,24)13-6-2-1-3-7-13/h1-3,6-7,12,14H,4-5,8-11H2,(H,18,20,22)/t14-/m0/s1. The van der Waals surface area contributed by atoms with Crippen LogP contribution in [0.5, 0.6) is 0 Å². The van der Waals surface area contributed by atoms with E-state index in [4.69, 9.17) is 0 Å². The van der Waals surface area contributed by atoms with Crippen LogP contribution in [0.25, 0.3) is 0 Å². The largest absolute Gasteiger partial charge is 0.299 e. The van der Waals surface area contributed by atoms with Crippen molar-refractivity contribution in [1.82, 2.24) is 14.5 Å². The number of anilines is 1. The molecule has 0 spiro atoms. The Morgan fingerprint density at radius 2 is 1.88 bits per heavy atom. The lowest BCUT2D eigenvalue weighted by Gasteiger charge is -2.33. The average Bonchev–Trinajstić information content (AvgIpc) is 3.42. The summed E-state index contributed by atoms with van der Waals surface area (Å²) in [6, 6.07) is 7.55. The Morgan fingerprint density at radius 3 is 2.62 bits per heavy atom. The Kier molecular flexibility index (Phi) is 4.76. The maximum absolute atomic E-state index is 13.0. The van der Waals surface area contributed by atoms with E-state index >= 15 is 0 Å². The second kappa shape index (κ2) is 7.05. The summed E-state index contributed by atoms with van der Waals surface area (Å²) >= 11 is 1.38. The summed E-state index contributed by atoms with van der Waals surface area (Å²) in [5.74, 6) is 0.144. The van der Waals surface area contributed by atoms with Gasteiger partial charge in [-0.15, -0.1) is 10.2 Å². The van der Waals surface area contributed by atoms with Crippen LogP contribution in [0.4, 0.5) is 5.13 Å². The molecule has 2 aliphatic rings. The van der Waals surface area contributed by atoms with Gasteiger partial charge in [0.15, 0.2) is 0 Å². The van der Waals surface area contributed by atoms with Crippen molar-refractivity contribution in [2.24, 2.45) is 0 Å². The Balaban J connectivity index is 1.53. The molecule has 4 rings (SSSR count).